The summed E-state index contributed by atoms with van der Waals surface area (Å²) in [5.41, 5.74) is 0.428. The molecule has 1 aromatic carbocycles. The zero-order valence-electron chi connectivity index (χ0n) is 12.4. The van der Waals surface area contributed by atoms with E-state index in [4.69, 9.17) is 4.74 Å². The van der Waals surface area contributed by atoms with Crippen LogP contribution in [-0.4, -0.2) is 40.7 Å². The number of carbonyl (C=O) groups excluding carboxylic acids is 1. The molecule has 0 unspecified atom stereocenters. The Bertz CT molecular complexity index is 454. The van der Waals surface area contributed by atoms with E-state index in [1.165, 1.54) is 0 Å². The number of rotatable bonds is 2. The van der Waals surface area contributed by atoms with Gasteiger partial charge in [-0.2, -0.15) is 0 Å². The van der Waals surface area contributed by atoms with Gasteiger partial charge in [-0.15, -0.1) is 0 Å². The minimum absolute atomic E-state index is 0.0270. The van der Waals surface area contributed by atoms with Gasteiger partial charge in [-0.25, -0.2) is 0 Å². The van der Waals surface area contributed by atoms with Crippen molar-refractivity contribution < 1.29 is 14.6 Å². The van der Waals surface area contributed by atoms with Gasteiger partial charge in [0.2, 0.25) is 0 Å². The van der Waals surface area contributed by atoms with Gasteiger partial charge in [0, 0.05) is 18.7 Å². The van der Waals surface area contributed by atoms with Crippen molar-refractivity contribution in [2.45, 2.75) is 45.3 Å². The van der Waals surface area contributed by atoms with E-state index in [1.54, 1.807) is 17.0 Å². The van der Waals surface area contributed by atoms with Crippen LogP contribution in [0.2, 0.25) is 0 Å². The lowest BCUT2D eigenvalue weighted by molar-refractivity contribution is 0.0546. The topological polar surface area (TPSA) is 49.8 Å². The maximum atomic E-state index is 12.3. The SMILES string of the molecule is CC(C)(C)Oc1ccc(C(=O)N2CCC(O)CC2)cc1. The third-order valence-electron chi connectivity index (χ3n) is 3.28. The quantitative estimate of drug-likeness (QED) is 0.903. The second kappa shape index (κ2) is 5.83. The normalized spacial score (nSPS) is 17.1. The van der Waals surface area contributed by atoms with Crippen molar-refractivity contribution in [3.05, 3.63) is 29.8 Å². The Kier molecular flexibility index (Phi) is 4.33. The smallest absolute Gasteiger partial charge is 0.253 e. The lowest BCUT2D eigenvalue weighted by Crippen LogP contribution is -2.40. The van der Waals surface area contributed by atoms with Gasteiger partial charge in [0.15, 0.2) is 0 Å². The monoisotopic (exact) mass is 277 g/mol. The van der Waals surface area contributed by atoms with E-state index in [0.717, 1.165) is 5.75 Å². The van der Waals surface area contributed by atoms with E-state index in [0.29, 0.717) is 31.5 Å². The Balaban J connectivity index is 2.00. The number of carbonyl (C=O) groups is 1. The fourth-order valence-electron chi connectivity index (χ4n) is 2.27. The predicted molar refractivity (Wildman–Crippen MR) is 78.0 cm³/mol. The van der Waals surface area contributed by atoms with Crippen molar-refractivity contribution in [3.8, 4) is 5.75 Å². The fourth-order valence-corrected chi connectivity index (χ4v) is 2.27. The fraction of sp³-hybridized carbons (Fsp3) is 0.562. The van der Waals surface area contributed by atoms with Crippen LogP contribution in [0.5, 0.6) is 5.75 Å². The number of ether oxygens (including phenoxy) is 1. The average molecular weight is 277 g/mol. The van der Waals surface area contributed by atoms with Gasteiger partial charge in [0.25, 0.3) is 5.91 Å². The summed E-state index contributed by atoms with van der Waals surface area (Å²) in [5, 5.41) is 9.47. The van der Waals surface area contributed by atoms with Crippen LogP contribution in [0, 0.1) is 0 Å². The molecule has 4 heteroatoms. The zero-order valence-corrected chi connectivity index (χ0v) is 12.4. The van der Waals surface area contributed by atoms with Crippen LogP contribution in [0.1, 0.15) is 44.0 Å². The Labute approximate surface area is 120 Å². The van der Waals surface area contributed by atoms with Crippen LogP contribution in [0.3, 0.4) is 0 Å². The molecule has 4 nitrogen and oxygen atoms in total. The molecular formula is C16H23NO3. The molecule has 1 heterocycles. The highest BCUT2D eigenvalue weighted by Gasteiger charge is 2.22. The van der Waals surface area contributed by atoms with E-state index in [9.17, 15) is 9.90 Å². The molecule has 0 aromatic heterocycles. The molecule has 20 heavy (non-hydrogen) atoms. The van der Waals surface area contributed by atoms with Gasteiger partial charge in [-0.05, 0) is 57.9 Å². The highest BCUT2D eigenvalue weighted by molar-refractivity contribution is 5.94. The first-order valence-corrected chi connectivity index (χ1v) is 7.11. The Morgan fingerprint density at radius 1 is 1.20 bits per heavy atom. The summed E-state index contributed by atoms with van der Waals surface area (Å²) in [6.07, 6.45) is 1.06. The van der Waals surface area contributed by atoms with Crippen LogP contribution < -0.4 is 4.74 Å². The highest BCUT2D eigenvalue weighted by Crippen LogP contribution is 2.20. The van der Waals surface area contributed by atoms with Gasteiger partial charge in [0.05, 0.1) is 6.10 Å². The number of amides is 1. The van der Waals surface area contributed by atoms with Crippen LogP contribution in [0.15, 0.2) is 24.3 Å². The second-order valence-corrected chi connectivity index (χ2v) is 6.26. The number of hydrogen-bond donors (Lipinski definition) is 1. The number of aliphatic hydroxyl groups is 1. The van der Waals surface area contributed by atoms with Gasteiger partial charge in [-0.3, -0.25) is 4.79 Å². The minimum Gasteiger partial charge on any atom is -0.488 e. The maximum Gasteiger partial charge on any atom is 0.253 e. The third kappa shape index (κ3) is 3.97. The molecule has 0 bridgehead atoms. The molecule has 0 saturated carbocycles. The largest absolute Gasteiger partial charge is 0.488 e. The van der Waals surface area contributed by atoms with Crippen molar-refractivity contribution >= 4 is 5.91 Å². The molecule has 0 spiro atoms. The van der Waals surface area contributed by atoms with Crippen molar-refractivity contribution in [3.63, 3.8) is 0 Å². The molecule has 2 rings (SSSR count). The number of nitrogens with zero attached hydrogens (tertiary/aromatic N) is 1. The van der Waals surface area contributed by atoms with Gasteiger partial charge in [0.1, 0.15) is 11.4 Å². The molecular weight excluding hydrogens is 254 g/mol. The van der Waals surface area contributed by atoms with Crippen LogP contribution in [-0.2, 0) is 0 Å². The summed E-state index contributed by atoms with van der Waals surface area (Å²) in [6.45, 7) is 7.22. The summed E-state index contributed by atoms with van der Waals surface area (Å²) in [4.78, 5) is 14.1. The Hall–Kier alpha value is -1.55. The third-order valence-corrected chi connectivity index (χ3v) is 3.28. The summed E-state index contributed by atoms with van der Waals surface area (Å²) in [7, 11) is 0. The van der Waals surface area contributed by atoms with Crippen LogP contribution in [0.25, 0.3) is 0 Å². The van der Waals surface area contributed by atoms with Gasteiger partial charge in [-0.1, -0.05) is 0 Å². The van der Waals surface area contributed by atoms with E-state index >= 15 is 0 Å². The lowest BCUT2D eigenvalue weighted by Gasteiger charge is -2.29. The van der Waals surface area contributed by atoms with E-state index in [1.807, 2.05) is 32.9 Å². The van der Waals surface area contributed by atoms with Crippen molar-refractivity contribution in [1.29, 1.82) is 0 Å². The van der Waals surface area contributed by atoms with Crippen LogP contribution >= 0.6 is 0 Å². The van der Waals surface area contributed by atoms with Crippen LogP contribution in [0.4, 0.5) is 0 Å². The zero-order chi connectivity index (χ0) is 14.8. The molecule has 1 aliphatic heterocycles. The van der Waals surface area contributed by atoms with Crippen molar-refractivity contribution in [2.24, 2.45) is 0 Å². The molecule has 1 N–H and O–H groups in total. The first-order chi connectivity index (χ1) is 9.35. The molecule has 0 aliphatic carbocycles. The average Bonchev–Trinajstić information content (AvgIpc) is 2.38. The number of aliphatic hydroxyl groups excluding tert-OH is 1. The maximum absolute atomic E-state index is 12.3. The Morgan fingerprint density at radius 3 is 2.25 bits per heavy atom. The number of benzene rings is 1. The molecule has 1 fully saturated rings. The molecule has 1 amide bonds. The highest BCUT2D eigenvalue weighted by atomic mass is 16.5. The number of hydrogen-bond acceptors (Lipinski definition) is 3. The molecule has 1 aromatic rings. The van der Waals surface area contributed by atoms with E-state index in [2.05, 4.69) is 0 Å². The molecule has 0 radical (unpaired) electrons. The van der Waals surface area contributed by atoms with E-state index in [-0.39, 0.29) is 17.6 Å². The molecule has 1 saturated heterocycles. The lowest BCUT2D eigenvalue weighted by atomic mass is 10.1. The minimum atomic E-state index is -0.262. The summed E-state index contributed by atoms with van der Waals surface area (Å²) in [5.74, 6) is 0.794. The molecule has 1 aliphatic rings. The second-order valence-electron chi connectivity index (χ2n) is 6.26. The molecule has 0 atom stereocenters. The Morgan fingerprint density at radius 2 is 1.75 bits per heavy atom. The van der Waals surface area contributed by atoms with E-state index < -0.39 is 0 Å². The standard InChI is InChI=1S/C16H23NO3/c1-16(2,3)20-14-6-4-12(5-7-14)15(19)17-10-8-13(18)9-11-17/h4-7,13,18H,8-11H2,1-3H3. The van der Waals surface area contributed by atoms with Gasteiger partial charge >= 0.3 is 0 Å². The molecule has 110 valence electrons. The predicted octanol–water partition coefficient (Wildman–Crippen LogP) is 2.46. The van der Waals surface area contributed by atoms with Crippen molar-refractivity contribution in [1.82, 2.24) is 4.90 Å². The number of piperidine rings is 1. The van der Waals surface area contributed by atoms with Gasteiger partial charge < -0.3 is 14.7 Å². The number of likely N-dealkylation sites (tertiary alicyclic amines) is 1. The van der Waals surface area contributed by atoms with Crippen molar-refractivity contribution in [2.75, 3.05) is 13.1 Å². The summed E-state index contributed by atoms with van der Waals surface area (Å²) in [6, 6.07) is 7.26. The first-order valence-electron chi connectivity index (χ1n) is 7.11. The summed E-state index contributed by atoms with van der Waals surface area (Å²) >= 11 is 0. The summed E-state index contributed by atoms with van der Waals surface area (Å²) < 4.78 is 5.74. The first kappa shape index (κ1) is 14.9.